The second-order valence-corrected chi connectivity index (χ2v) is 5.49. The summed E-state index contributed by atoms with van der Waals surface area (Å²) in [6, 6.07) is 6.03. The first-order valence-electron chi connectivity index (χ1n) is 4.40. The van der Waals surface area contributed by atoms with Gasteiger partial charge in [0.1, 0.15) is 9.33 Å². The standard InChI is InChI=1S/C10H10N2S3/c1-12(2)9(13)6-4-3-5-7-8(6)11-10(14)15-7/h3-5H,1-2H3,(H,11,14). The van der Waals surface area contributed by atoms with Gasteiger partial charge in [0.25, 0.3) is 0 Å². The van der Waals surface area contributed by atoms with E-state index in [1.54, 1.807) is 11.3 Å². The van der Waals surface area contributed by atoms with Crippen molar-refractivity contribution in [1.82, 2.24) is 9.88 Å². The van der Waals surface area contributed by atoms with Crippen LogP contribution < -0.4 is 0 Å². The minimum absolute atomic E-state index is 0.777. The van der Waals surface area contributed by atoms with E-state index in [9.17, 15) is 0 Å². The van der Waals surface area contributed by atoms with Gasteiger partial charge in [-0.2, -0.15) is 0 Å². The second kappa shape index (κ2) is 4.08. The van der Waals surface area contributed by atoms with Crippen molar-refractivity contribution in [3.63, 3.8) is 0 Å². The van der Waals surface area contributed by atoms with Gasteiger partial charge in [0, 0.05) is 19.7 Å². The SMILES string of the molecule is CN(C)C(=S)c1cccc2sc(S)nc12. The van der Waals surface area contributed by atoms with Gasteiger partial charge in [-0.1, -0.05) is 18.3 Å². The molecule has 0 saturated carbocycles. The van der Waals surface area contributed by atoms with Crippen molar-refractivity contribution >= 4 is 51.4 Å². The molecule has 0 aliphatic rings. The number of nitrogens with zero attached hydrogens (tertiary/aromatic N) is 2. The van der Waals surface area contributed by atoms with Crippen LogP contribution in [0.1, 0.15) is 5.56 Å². The molecule has 2 nitrogen and oxygen atoms in total. The number of para-hydroxylation sites is 1. The maximum absolute atomic E-state index is 5.35. The van der Waals surface area contributed by atoms with E-state index in [2.05, 4.69) is 17.6 Å². The van der Waals surface area contributed by atoms with E-state index < -0.39 is 0 Å². The minimum Gasteiger partial charge on any atom is -0.368 e. The summed E-state index contributed by atoms with van der Waals surface area (Å²) in [5.41, 5.74) is 1.95. The molecule has 0 saturated heterocycles. The second-order valence-electron chi connectivity index (χ2n) is 3.35. The molecule has 1 aromatic heterocycles. The zero-order valence-electron chi connectivity index (χ0n) is 8.39. The molecule has 0 bridgehead atoms. The molecule has 2 aromatic rings. The lowest BCUT2D eigenvalue weighted by Gasteiger charge is -2.13. The Morgan fingerprint density at radius 3 is 2.87 bits per heavy atom. The normalized spacial score (nSPS) is 10.6. The van der Waals surface area contributed by atoms with Gasteiger partial charge in [-0.15, -0.1) is 24.0 Å². The van der Waals surface area contributed by atoms with Crippen LogP contribution in [0.15, 0.2) is 22.5 Å². The number of rotatable bonds is 1. The van der Waals surface area contributed by atoms with E-state index >= 15 is 0 Å². The number of hydrogen-bond donors (Lipinski definition) is 1. The number of benzene rings is 1. The summed E-state index contributed by atoms with van der Waals surface area (Å²) < 4.78 is 1.90. The molecular formula is C10H10N2S3. The molecule has 0 atom stereocenters. The smallest absolute Gasteiger partial charge is 0.148 e. The van der Waals surface area contributed by atoms with Crippen molar-refractivity contribution in [2.45, 2.75) is 4.34 Å². The molecule has 0 radical (unpaired) electrons. The summed E-state index contributed by atoms with van der Waals surface area (Å²) in [7, 11) is 3.88. The highest BCUT2D eigenvalue weighted by Gasteiger charge is 2.11. The maximum Gasteiger partial charge on any atom is 0.148 e. The number of hydrogen-bond acceptors (Lipinski definition) is 4. The maximum atomic E-state index is 5.35. The predicted octanol–water partition coefficient (Wildman–Crippen LogP) is 2.82. The number of fused-ring (bicyclic) bond motifs is 1. The Morgan fingerprint density at radius 2 is 2.20 bits per heavy atom. The fourth-order valence-corrected chi connectivity index (χ4v) is 2.64. The van der Waals surface area contributed by atoms with Crippen molar-refractivity contribution in [3.8, 4) is 0 Å². The Hall–Kier alpha value is -0.650. The van der Waals surface area contributed by atoms with E-state index in [-0.39, 0.29) is 0 Å². The fourth-order valence-electron chi connectivity index (χ4n) is 1.35. The van der Waals surface area contributed by atoms with Crippen LogP contribution in [0.2, 0.25) is 0 Å². The third-order valence-corrected chi connectivity index (χ3v) is 3.83. The Kier molecular flexibility index (Phi) is 2.95. The van der Waals surface area contributed by atoms with E-state index in [0.29, 0.717) is 0 Å². The molecule has 1 aromatic carbocycles. The number of thiocarbonyl (C=S) groups is 1. The lowest BCUT2D eigenvalue weighted by molar-refractivity contribution is 0.637. The van der Waals surface area contributed by atoms with Gasteiger partial charge < -0.3 is 4.90 Å². The third-order valence-electron chi connectivity index (χ3n) is 2.04. The molecular weight excluding hydrogens is 244 g/mol. The summed E-state index contributed by atoms with van der Waals surface area (Å²) in [5.74, 6) is 0. The monoisotopic (exact) mass is 254 g/mol. The number of thiazole rings is 1. The quantitative estimate of drug-likeness (QED) is 0.622. The molecule has 0 spiro atoms. The number of aromatic nitrogens is 1. The Bertz CT molecular complexity index is 516. The molecule has 0 aliphatic carbocycles. The molecule has 0 fully saturated rings. The van der Waals surface area contributed by atoms with Gasteiger partial charge in [0.15, 0.2) is 0 Å². The van der Waals surface area contributed by atoms with Crippen molar-refractivity contribution < 1.29 is 0 Å². The van der Waals surface area contributed by atoms with E-state index in [1.165, 1.54) is 0 Å². The van der Waals surface area contributed by atoms with Gasteiger partial charge in [-0.25, -0.2) is 4.98 Å². The van der Waals surface area contributed by atoms with E-state index in [0.717, 1.165) is 25.1 Å². The lowest BCUT2D eigenvalue weighted by Crippen LogP contribution is -2.20. The molecule has 0 N–H and O–H groups in total. The first-order chi connectivity index (χ1) is 7.09. The van der Waals surface area contributed by atoms with Crippen LogP contribution in [0, 0.1) is 0 Å². The zero-order chi connectivity index (χ0) is 11.0. The molecule has 1 heterocycles. The summed E-state index contributed by atoms with van der Waals surface area (Å²) in [6.45, 7) is 0. The zero-order valence-corrected chi connectivity index (χ0v) is 10.9. The van der Waals surface area contributed by atoms with Crippen LogP contribution >= 0.6 is 36.2 Å². The number of thiol groups is 1. The van der Waals surface area contributed by atoms with Crippen LogP contribution in [0.25, 0.3) is 10.2 Å². The van der Waals surface area contributed by atoms with E-state index in [4.69, 9.17) is 12.2 Å². The summed E-state index contributed by atoms with van der Waals surface area (Å²) >= 11 is 11.2. The highest BCUT2D eigenvalue weighted by Crippen LogP contribution is 2.27. The molecule has 78 valence electrons. The molecule has 0 aliphatic heterocycles. The summed E-state index contributed by atoms with van der Waals surface area (Å²) in [6.07, 6.45) is 0. The topological polar surface area (TPSA) is 16.1 Å². The molecule has 0 unspecified atom stereocenters. The van der Waals surface area contributed by atoms with Crippen molar-refractivity contribution in [2.24, 2.45) is 0 Å². The van der Waals surface area contributed by atoms with Crippen molar-refractivity contribution in [2.75, 3.05) is 14.1 Å². The lowest BCUT2D eigenvalue weighted by atomic mass is 10.2. The average molecular weight is 254 g/mol. The minimum atomic E-state index is 0.777. The first kappa shape index (κ1) is 10.9. The predicted molar refractivity (Wildman–Crippen MR) is 72.3 cm³/mol. The fraction of sp³-hybridized carbons (Fsp3) is 0.200. The van der Waals surface area contributed by atoms with Crippen molar-refractivity contribution in [3.05, 3.63) is 23.8 Å². The highest BCUT2D eigenvalue weighted by molar-refractivity contribution is 7.83. The van der Waals surface area contributed by atoms with Gasteiger partial charge in [-0.05, 0) is 12.1 Å². The van der Waals surface area contributed by atoms with Gasteiger partial charge >= 0.3 is 0 Å². The van der Waals surface area contributed by atoms with Crippen LogP contribution in [0.4, 0.5) is 0 Å². The van der Waals surface area contributed by atoms with Crippen molar-refractivity contribution in [1.29, 1.82) is 0 Å². The third kappa shape index (κ3) is 2.00. The summed E-state index contributed by atoms with van der Waals surface area (Å²) in [5, 5.41) is 0. The van der Waals surface area contributed by atoms with Crippen LogP contribution in [0.3, 0.4) is 0 Å². The first-order valence-corrected chi connectivity index (χ1v) is 6.07. The molecule has 5 heteroatoms. The summed E-state index contributed by atoms with van der Waals surface area (Å²) in [4.78, 5) is 7.11. The average Bonchev–Trinajstić information content (AvgIpc) is 2.56. The Balaban J connectivity index is 2.65. The van der Waals surface area contributed by atoms with E-state index in [1.807, 2.05) is 37.2 Å². The van der Waals surface area contributed by atoms with Crippen LogP contribution in [-0.4, -0.2) is 29.0 Å². The van der Waals surface area contributed by atoms with Gasteiger partial charge in [0.2, 0.25) is 0 Å². The van der Waals surface area contributed by atoms with Gasteiger partial charge in [0.05, 0.1) is 10.2 Å². The molecule has 2 rings (SSSR count). The largest absolute Gasteiger partial charge is 0.368 e. The highest BCUT2D eigenvalue weighted by atomic mass is 32.2. The Labute approximate surface area is 103 Å². The molecule has 0 amide bonds. The van der Waals surface area contributed by atoms with Crippen LogP contribution in [0.5, 0.6) is 0 Å². The van der Waals surface area contributed by atoms with Crippen LogP contribution in [-0.2, 0) is 0 Å². The van der Waals surface area contributed by atoms with Gasteiger partial charge in [-0.3, -0.25) is 0 Å². The Morgan fingerprint density at radius 1 is 1.47 bits per heavy atom. The molecule has 15 heavy (non-hydrogen) atoms.